The van der Waals surface area contributed by atoms with Gasteiger partial charge in [0.15, 0.2) is 0 Å². The van der Waals surface area contributed by atoms with Gasteiger partial charge in [-0.15, -0.1) is 0 Å². The van der Waals surface area contributed by atoms with Gasteiger partial charge in [-0.3, -0.25) is 9.98 Å². The van der Waals surface area contributed by atoms with Crippen LogP contribution in [0.5, 0.6) is 0 Å². The third-order valence-corrected chi connectivity index (χ3v) is 9.64. The number of rotatable bonds is 7. The van der Waals surface area contributed by atoms with Gasteiger partial charge in [-0.1, -0.05) is 158 Å². The fourth-order valence-corrected chi connectivity index (χ4v) is 7.10. The Balaban J connectivity index is 1.12. The third kappa shape index (κ3) is 5.72. The van der Waals surface area contributed by atoms with E-state index in [9.17, 15) is 5.41 Å². The van der Waals surface area contributed by atoms with Gasteiger partial charge in [-0.2, -0.15) is 0 Å². The van der Waals surface area contributed by atoms with Crippen molar-refractivity contribution in [3.63, 3.8) is 0 Å². The van der Waals surface area contributed by atoms with Crippen molar-refractivity contribution in [1.82, 2.24) is 14.9 Å². The summed E-state index contributed by atoms with van der Waals surface area (Å²) >= 11 is 0. The summed E-state index contributed by atoms with van der Waals surface area (Å²) in [6.07, 6.45) is 2.19. The molecule has 9 rings (SSSR count). The van der Waals surface area contributed by atoms with Crippen LogP contribution in [0.25, 0.3) is 62.3 Å². The molecule has 0 unspecified atom stereocenters. The Labute approximate surface area is 303 Å². The molecule has 0 saturated heterocycles. The summed E-state index contributed by atoms with van der Waals surface area (Å²) in [4.78, 5) is 5.01. The number of benzene rings is 7. The Hall–Kier alpha value is -7.04. The smallest absolute Gasteiger partial charge is 0.145 e. The van der Waals surface area contributed by atoms with E-state index in [1.807, 2.05) is 54.6 Å². The zero-order valence-corrected chi connectivity index (χ0v) is 28.4. The fraction of sp³-hybridized carbons (Fsp3) is 0. The van der Waals surface area contributed by atoms with Crippen LogP contribution in [0.3, 0.4) is 0 Å². The van der Waals surface area contributed by atoms with Gasteiger partial charge in [0.25, 0.3) is 0 Å². The Morgan fingerprint density at radius 1 is 0.519 bits per heavy atom. The number of aromatic nitrogens is 2. The standard InChI is InChI=1S/C48H34N4/c49-46(45(35-17-6-2-7-18-35)47-41-24-11-10-21-38(41)32-43(50-47)34-15-4-1-5-16-34)39-23-14-22-37(31-39)33-27-29-40(30-28-33)52-44-26-13-12-25-42(44)51-48(52)36-19-8-3-9-20-36/h1-32,49-50H/b47-45-,49-46?. The second-order valence-corrected chi connectivity index (χ2v) is 12.9. The maximum atomic E-state index is 9.81. The molecule has 2 heterocycles. The zero-order valence-electron chi connectivity index (χ0n) is 28.4. The van der Waals surface area contributed by atoms with Crippen LogP contribution >= 0.6 is 0 Å². The lowest BCUT2D eigenvalue weighted by molar-refractivity contribution is 1.10. The molecule has 8 aromatic rings. The monoisotopic (exact) mass is 666 g/mol. The van der Waals surface area contributed by atoms with Crippen molar-refractivity contribution in [2.24, 2.45) is 0 Å². The van der Waals surface area contributed by atoms with E-state index in [-0.39, 0.29) is 0 Å². The van der Waals surface area contributed by atoms with Crippen LogP contribution in [0, 0.1) is 5.41 Å². The van der Waals surface area contributed by atoms with Gasteiger partial charge in [-0.05, 0) is 64.2 Å². The summed E-state index contributed by atoms with van der Waals surface area (Å²) in [5, 5.41) is 13.6. The number of imidazole rings is 1. The van der Waals surface area contributed by atoms with Crippen LogP contribution < -0.4 is 5.32 Å². The number of allylic oxidation sites excluding steroid dienone is 1. The molecule has 1 aliphatic rings. The predicted molar refractivity (Wildman–Crippen MR) is 216 cm³/mol. The van der Waals surface area contributed by atoms with E-state index in [1.54, 1.807) is 0 Å². The quantitative estimate of drug-likeness (QED) is 0.166. The van der Waals surface area contributed by atoms with Gasteiger partial charge >= 0.3 is 0 Å². The molecule has 0 amide bonds. The van der Waals surface area contributed by atoms with Crippen molar-refractivity contribution in [1.29, 1.82) is 5.41 Å². The molecule has 2 N–H and O–H groups in total. The molecular weight excluding hydrogens is 633 g/mol. The Morgan fingerprint density at radius 2 is 1.13 bits per heavy atom. The van der Waals surface area contributed by atoms with Crippen molar-refractivity contribution in [2.75, 3.05) is 0 Å². The van der Waals surface area contributed by atoms with E-state index >= 15 is 0 Å². The summed E-state index contributed by atoms with van der Waals surface area (Å²) in [5.74, 6) is 0.912. The first-order valence-electron chi connectivity index (χ1n) is 17.5. The number of hydrogen-bond donors (Lipinski definition) is 2. The highest BCUT2D eigenvalue weighted by Crippen LogP contribution is 2.37. The highest BCUT2D eigenvalue weighted by molar-refractivity contribution is 6.36. The Bertz CT molecular complexity index is 2630. The molecule has 0 saturated carbocycles. The van der Waals surface area contributed by atoms with Crippen molar-refractivity contribution < 1.29 is 0 Å². The molecule has 0 spiro atoms. The minimum Gasteiger partial charge on any atom is -0.354 e. The number of nitrogens with zero attached hydrogens (tertiary/aromatic N) is 2. The molecule has 4 heteroatoms. The van der Waals surface area contributed by atoms with Gasteiger partial charge in [0, 0.05) is 33.6 Å². The van der Waals surface area contributed by atoms with Crippen molar-refractivity contribution in [3.05, 3.63) is 216 Å². The minimum absolute atomic E-state index is 0.452. The number of nitrogens with one attached hydrogen (secondary N) is 2. The molecule has 246 valence electrons. The lowest BCUT2D eigenvalue weighted by Crippen LogP contribution is -2.20. The van der Waals surface area contributed by atoms with Gasteiger partial charge in [0.1, 0.15) is 5.82 Å². The van der Waals surface area contributed by atoms with Crippen LogP contribution in [-0.2, 0) is 0 Å². The SMILES string of the molecule is N=C(/C(=C1\NC(c2ccccc2)=Cc2ccccc21)c1ccccc1)c1cccc(-c2ccc(-n3c(-c4ccccc4)nc4ccccc43)cc2)c1. The predicted octanol–water partition coefficient (Wildman–Crippen LogP) is 11.4. The van der Waals surface area contributed by atoms with E-state index in [0.717, 1.165) is 84.0 Å². The van der Waals surface area contributed by atoms with Crippen LogP contribution in [0.2, 0.25) is 0 Å². The molecule has 0 fully saturated rings. The summed E-state index contributed by atoms with van der Waals surface area (Å²) in [7, 11) is 0. The molecule has 4 nitrogen and oxygen atoms in total. The van der Waals surface area contributed by atoms with E-state index in [1.165, 1.54) is 0 Å². The van der Waals surface area contributed by atoms with E-state index < -0.39 is 0 Å². The molecule has 0 aliphatic carbocycles. The average molecular weight is 667 g/mol. The van der Waals surface area contributed by atoms with Gasteiger partial charge in [0.2, 0.25) is 0 Å². The molecule has 0 atom stereocenters. The highest BCUT2D eigenvalue weighted by Gasteiger charge is 2.24. The molecule has 1 aromatic heterocycles. The minimum atomic E-state index is 0.452. The normalized spacial score (nSPS) is 13.2. The second-order valence-electron chi connectivity index (χ2n) is 12.9. The van der Waals surface area contributed by atoms with Crippen molar-refractivity contribution >= 4 is 39.8 Å². The summed E-state index contributed by atoms with van der Waals surface area (Å²) < 4.78 is 2.23. The van der Waals surface area contributed by atoms with Crippen LogP contribution in [-0.4, -0.2) is 15.3 Å². The highest BCUT2D eigenvalue weighted by atomic mass is 15.1. The van der Waals surface area contributed by atoms with Crippen LogP contribution in [0.1, 0.15) is 27.8 Å². The Kier molecular flexibility index (Phi) is 7.95. The maximum absolute atomic E-state index is 9.81. The summed E-state index contributed by atoms with van der Waals surface area (Å²) in [6.45, 7) is 0. The second kappa shape index (κ2) is 13.3. The molecule has 0 radical (unpaired) electrons. The van der Waals surface area contributed by atoms with Crippen molar-refractivity contribution in [3.8, 4) is 28.2 Å². The zero-order chi connectivity index (χ0) is 34.9. The number of para-hydroxylation sites is 2. The van der Waals surface area contributed by atoms with Crippen LogP contribution in [0.4, 0.5) is 0 Å². The van der Waals surface area contributed by atoms with Gasteiger partial charge < -0.3 is 5.32 Å². The lowest BCUT2D eigenvalue weighted by Gasteiger charge is -2.26. The third-order valence-electron chi connectivity index (χ3n) is 9.64. The van der Waals surface area contributed by atoms with Crippen LogP contribution in [0.15, 0.2) is 188 Å². The van der Waals surface area contributed by atoms with Gasteiger partial charge in [-0.25, -0.2) is 4.98 Å². The van der Waals surface area contributed by atoms with E-state index in [4.69, 9.17) is 4.98 Å². The van der Waals surface area contributed by atoms with E-state index in [2.05, 4.69) is 149 Å². The average Bonchev–Trinajstić information content (AvgIpc) is 3.62. The van der Waals surface area contributed by atoms with Gasteiger partial charge in [0.05, 0.1) is 22.4 Å². The number of hydrogen-bond acceptors (Lipinski definition) is 3. The lowest BCUT2D eigenvalue weighted by atomic mass is 9.87. The molecule has 0 bridgehead atoms. The fourth-order valence-electron chi connectivity index (χ4n) is 7.10. The topological polar surface area (TPSA) is 53.7 Å². The first-order chi connectivity index (χ1) is 25.7. The van der Waals surface area contributed by atoms with Crippen molar-refractivity contribution in [2.45, 2.75) is 0 Å². The van der Waals surface area contributed by atoms with E-state index in [0.29, 0.717) is 5.71 Å². The molecule has 7 aromatic carbocycles. The summed E-state index contributed by atoms with van der Waals surface area (Å²) in [5.41, 5.74) is 14.6. The molecule has 1 aliphatic heterocycles. The molecular formula is C48H34N4. The molecule has 52 heavy (non-hydrogen) atoms. The maximum Gasteiger partial charge on any atom is 0.145 e. The largest absolute Gasteiger partial charge is 0.354 e. The number of fused-ring (bicyclic) bond motifs is 2. The first kappa shape index (κ1) is 31.0. The Morgan fingerprint density at radius 3 is 1.90 bits per heavy atom. The first-order valence-corrected chi connectivity index (χ1v) is 17.5. The summed E-state index contributed by atoms with van der Waals surface area (Å²) in [6, 6.07) is 64.6.